The van der Waals surface area contributed by atoms with E-state index in [0.717, 1.165) is 5.56 Å². The van der Waals surface area contributed by atoms with E-state index >= 15 is 0 Å². The van der Waals surface area contributed by atoms with Gasteiger partial charge < -0.3 is 14.7 Å². The number of nitrogens with zero attached hydrogens (tertiary/aromatic N) is 1. The number of carboxylic acid groups (broad SMARTS) is 1. The zero-order valence-corrected chi connectivity index (χ0v) is 13.8. The Morgan fingerprint density at radius 3 is 2.52 bits per heavy atom. The Balaban J connectivity index is 2.27. The second-order valence-electron chi connectivity index (χ2n) is 6.94. The maximum absolute atomic E-state index is 13.6. The van der Waals surface area contributed by atoms with E-state index in [0.29, 0.717) is 5.56 Å². The van der Waals surface area contributed by atoms with Gasteiger partial charge in [0.1, 0.15) is 11.4 Å². The SMILES string of the molecule is Cc1ccc(F)cc1C1CN(C(=O)OC(C)(C)C)CC1C(=O)O. The van der Waals surface area contributed by atoms with Gasteiger partial charge in [-0.3, -0.25) is 4.79 Å². The summed E-state index contributed by atoms with van der Waals surface area (Å²) in [5, 5.41) is 9.46. The normalized spacial score (nSPS) is 21.3. The van der Waals surface area contributed by atoms with E-state index in [1.54, 1.807) is 26.8 Å². The average Bonchev–Trinajstić information content (AvgIpc) is 2.85. The molecule has 23 heavy (non-hydrogen) atoms. The number of hydrogen-bond donors (Lipinski definition) is 1. The lowest BCUT2D eigenvalue weighted by Crippen LogP contribution is -2.35. The number of rotatable bonds is 2. The number of amides is 1. The van der Waals surface area contributed by atoms with Crippen LogP contribution < -0.4 is 0 Å². The number of hydrogen-bond acceptors (Lipinski definition) is 3. The van der Waals surface area contributed by atoms with Crippen molar-refractivity contribution in [3.05, 3.63) is 35.1 Å². The minimum Gasteiger partial charge on any atom is -0.481 e. The maximum Gasteiger partial charge on any atom is 0.410 e. The molecule has 6 heteroatoms. The van der Waals surface area contributed by atoms with Crippen molar-refractivity contribution in [2.24, 2.45) is 5.92 Å². The van der Waals surface area contributed by atoms with Crippen molar-refractivity contribution in [1.29, 1.82) is 0 Å². The molecule has 1 saturated heterocycles. The van der Waals surface area contributed by atoms with Crippen LogP contribution in [0, 0.1) is 18.7 Å². The van der Waals surface area contributed by atoms with Crippen LogP contribution in [0.1, 0.15) is 37.8 Å². The number of aryl methyl sites for hydroxylation is 1. The molecule has 1 aromatic carbocycles. The van der Waals surface area contributed by atoms with Gasteiger partial charge in [-0.15, -0.1) is 0 Å². The van der Waals surface area contributed by atoms with E-state index < -0.39 is 35.3 Å². The summed E-state index contributed by atoms with van der Waals surface area (Å²) in [7, 11) is 0. The van der Waals surface area contributed by atoms with Crippen LogP contribution in [0.25, 0.3) is 0 Å². The lowest BCUT2D eigenvalue weighted by molar-refractivity contribution is -0.141. The molecule has 1 aliphatic rings. The topological polar surface area (TPSA) is 66.8 Å². The lowest BCUT2D eigenvalue weighted by Gasteiger charge is -2.24. The second kappa shape index (κ2) is 6.18. The van der Waals surface area contributed by atoms with E-state index in [-0.39, 0.29) is 13.1 Å². The first-order chi connectivity index (χ1) is 10.6. The molecular weight excluding hydrogens is 301 g/mol. The summed E-state index contributed by atoms with van der Waals surface area (Å²) in [6.07, 6.45) is -0.541. The first kappa shape index (κ1) is 17.2. The summed E-state index contributed by atoms with van der Waals surface area (Å²) in [4.78, 5) is 25.1. The first-order valence-corrected chi connectivity index (χ1v) is 7.55. The number of halogens is 1. The predicted molar refractivity (Wildman–Crippen MR) is 82.8 cm³/mol. The fourth-order valence-corrected chi connectivity index (χ4v) is 2.86. The molecule has 126 valence electrons. The van der Waals surface area contributed by atoms with Gasteiger partial charge in [0, 0.05) is 19.0 Å². The molecule has 0 bridgehead atoms. The van der Waals surface area contributed by atoms with Crippen LogP contribution in [0.15, 0.2) is 18.2 Å². The zero-order valence-electron chi connectivity index (χ0n) is 13.8. The minimum atomic E-state index is -0.996. The molecule has 5 nitrogen and oxygen atoms in total. The molecule has 0 spiro atoms. The molecule has 2 rings (SSSR count). The Morgan fingerprint density at radius 1 is 1.30 bits per heavy atom. The molecule has 1 N–H and O–H groups in total. The number of benzene rings is 1. The van der Waals surface area contributed by atoms with Gasteiger partial charge in [-0.25, -0.2) is 9.18 Å². The molecule has 2 unspecified atom stereocenters. The Bertz CT molecular complexity index is 624. The van der Waals surface area contributed by atoms with Gasteiger partial charge in [0.2, 0.25) is 0 Å². The third kappa shape index (κ3) is 4.00. The monoisotopic (exact) mass is 323 g/mol. The smallest absolute Gasteiger partial charge is 0.410 e. The van der Waals surface area contributed by atoms with Crippen LogP contribution in [0.5, 0.6) is 0 Å². The van der Waals surface area contributed by atoms with Crippen molar-refractivity contribution in [2.75, 3.05) is 13.1 Å². The van der Waals surface area contributed by atoms with Crippen molar-refractivity contribution in [3.8, 4) is 0 Å². The highest BCUT2D eigenvalue weighted by atomic mass is 19.1. The summed E-state index contributed by atoms with van der Waals surface area (Å²) in [6, 6.07) is 4.32. The van der Waals surface area contributed by atoms with Gasteiger partial charge in [-0.2, -0.15) is 0 Å². The van der Waals surface area contributed by atoms with Gasteiger partial charge in [-0.05, 0) is 51.0 Å². The molecule has 0 aromatic heterocycles. The van der Waals surface area contributed by atoms with Gasteiger partial charge in [0.15, 0.2) is 0 Å². The zero-order chi connectivity index (χ0) is 17.4. The summed E-state index contributed by atoms with van der Waals surface area (Å²) in [5.74, 6) is -2.63. The van der Waals surface area contributed by atoms with E-state index in [1.807, 2.05) is 6.92 Å². The summed E-state index contributed by atoms with van der Waals surface area (Å²) in [6.45, 7) is 7.34. The van der Waals surface area contributed by atoms with Crippen LogP contribution in [-0.2, 0) is 9.53 Å². The van der Waals surface area contributed by atoms with Gasteiger partial charge in [-0.1, -0.05) is 6.07 Å². The number of aliphatic carboxylic acids is 1. The van der Waals surface area contributed by atoms with Crippen LogP contribution in [0.3, 0.4) is 0 Å². The summed E-state index contributed by atoms with van der Waals surface area (Å²) >= 11 is 0. The fraction of sp³-hybridized carbons (Fsp3) is 0.529. The molecule has 0 aliphatic carbocycles. The van der Waals surface area contributed by atoms with E-state index in [2.05, 4.69) is 0 Å². The number of ether oxygens (including phenoxy) is 1. The van der Waals surface area contributed by atoms with Crippen LogP contribution in [0.4, 0.5) is 9.18 Å². The highest BCUT2D eigenvalue weighted by Crippen LogP contribution is 2.35. The van der Waals surface area contributed by atoms with Crippen LogP contribution >= 0.6 is 0 Å². The highest BCUT2D eigenvalue weighted by molar-refractivity contribution is 5.76. The molecule has 1 heterocycles. The third-order valence-corrected chi connectivity index (χ3v) is 3.93. The van der Waals surface area contributed by atoms with Gasteiger partial charge in [0.25, 0.3) is 0 Å². The Kier molecular flexibility index (Phi) is 4.63. The largest absolute Gasteiger partial charge is 0.481 e. The molecule has 1 aromatic rings. The maximum atomic E-state index is 13.6. The number of carbonyl (C=O) groups is 2. The standard InChI is InChI=1S/C17H22FNO4/c1-10-5-6-11(18)7-12(10)13-8-19(9-14(13)15(20)21)16(22)23-17(2,3)4/h5-7,13-14H,8-9H2,1-4H3,(H,20,21). The third-order valence-electron chi connectivity index (χ3n) is 3.93. The molecule has 0 saturated carbocycles. The van der Waals surface area contributed by atoms with E-state index in [9.17, 15) is 19.1 Å². The molecule has 1 amide bonds. The number of likely N-dealkylation sites (tertiary alicyclic amines) is 1. The average molecular weight is 323 g/mol. The second-order valence-corrected chi connectivity index (χ2v) is 6.94. The van der Waals surface area contributed by atoms with Crippen molar-refractivity contribution in [1.82, 2.24) is 4.90 Å². The molecule has 2 atom stereocenters. The highest BCUT2D eigenvalue weighted by Gasteiger charge is 2.42. The van der Waals surface area contributed by atoms with E-state index in [4.69, 9.17) is 4.74 Å². The van der Waals surface area contributed by atoms with Crippen molar-refractivity contribution in [2.45, 2.75) is 39.2 Å². The van der Waals surface area contributed by atoms with E-state index in [1.165, 1.54) is 17.0 Å². The number of carbonyl (C=O) groups excluding carboxylic acids is 1. The minimum absolute atomic E-state index is 0.0604. The molecule has 1 aliphatic heterocycles. The molecule has 1 fully saturated rings. The van der Waals surface area contributed by atoms with Crippen LogP contribution in [-0.4, -0.2) is 40.8 Å². The Hall–Kier alpha value is -2.11. The van der Waals surface area contributed by atoms with Crippen molar-refractivity contribution < 1.29 is 23.8 Å². The van der Waals surface area contributed by atoms with Gasteiger partial charge in [0.05, 0.1) is 5.92 Å². The van der Waals surface area contributed by atoms with Gasteiger partial charge >= 0.3 is 12.1 Å². The molecular formula is C17H22FNO4. The Morgan fingerprint density at radius 2 is 1.96 bits per heavy atom. The van der Waals surface area contributed by atoms with Crippen molar-refractivity contribution in [3.63, 3.8) is 0 Å². The summed E-state index contributed by atoms with van der Waals surface area (Å²) < 4.78 is 18.9. The molecule has 0 radical (unpaired) electrons. The lowest BCUT2D eigenvalue weighted by atomic mass is 9.86. The number of carboxylic acids is 1. The fourth-order valence-electron chi connectivity index (χ4n) is 2.86. The predicted octanol–water partition coefficient (Wildman–Crippen LogP) is 3.17. The van der Waals surface area contributed by atoms with Crippen molar-refractivity contribution >= 4 is 12.1 Å². The quantitative estimate of drug-likeness (QED) is 0.908. The van der Waals surface area contributed by atoms with Crippen LogP contribution in [0.2, 0.25) is 0 Å². The Labute approximate surface area is 135 Å². The first-order valence-electron chi connectivity index (χ1n) is 7.55. The summed E-state index contributed by atoms with van der Waals surface area (Å²) in [5.41, 5.74) is 0.792.